The molecule has 3 heteroatoms. The van der Waals surface area contributed by atoms with Crippen LogP contribution in [0.5, 0.6) is 0 Å². The van der Waals surface area contributed by atoms with Crippen molar-refractivity contribution in [3.05, 3.63) is 34.3 Å². The third kappa shape index (κ3) is 4.30. The normalized spacial score (nSPS) is 13.1. The summed E-state index contributed by atoms with van der Waals surface area (Å²) in [7, 11) is 2.15. The average Bonchev–Trinajstić information content (AvgIpc) is 2.31. The van der Waals surface area contributed by atoms with E-state index in [-0.39, 0.29) is 0 Å². The maximum absolute atomic E-state index is 6.25. The molecule has 1 aromatic rings. The van der Waals surface area contributed by atoms with Crippen LogP contribution < -0.4 is 5.73 Å². The SMILES string of the molecule is CCCC(C)N(C)Cc1ccc(CN)cc1Cl. The minimum atomic E-state index is 0.544. The Balaban J connectivity index is 2.68. The Hall–Kier alpha value is -0.570. The van der Waals surface area contributed by atoms with Gasteiger partial charge in [-0.3, -0.25) is 4.90 Å². The zero-order valence-electron chi connectivity index (χ0n) is 11.0. The first kappa shape index (κ1) is 14.5. The van der Waals surface area contributed by atoms with Crippen LogP contribution in [0, 0.1) is 0 Å². The summed E-state index contributed by atoms with van der Waals surface area (Å²) in [6.45, 7) is 5.91. The Morgan fingerprint density at radius 3 is 2.65 bits per heavy atom. The molecule has 96 valence electrons. The number of hydrogen-bond acceptors (Lipinski definition) is 2. The van der Waals surface area contributed by atoms with E-state index in [9.17, 15) is 0 Å². The van der Waals surface area contributed by atoms with Gasteiger partial charge in [-0.15, -0.1) is 0 Å². The van der Waals surface area contributed by atoms with Gasteiger partial charge in [0, 0.05) is 24.2 Å². The topological polar surface area (TPSA) is 29.3 Å². The van der Waals surface area contributed by atoms with Crippen LogP contribution in [0.4, 0.5) is 0 Å². The van der Waals surface area contributed by atoms with Gasteiger partial charge in [0.15, 0.2) is 0 Å². The Bertz CT molecular complexity index is 352. The number of nitrogens with zero attached hydrogens (tertiary/aromatic N) is 1. The Kier molecular flexibility index (Phi) is 5.96. The van der Waals surface area contributed by atoms with Crippen molar-refractivity contribution in [2.45, 2.75) is 45.8 Å². The fourth-order valence-corrected chi connectivity index (χ4v) is 2.17. The molecule has 2 nitrogen and oxygen atoms in total. The first-order valence-electron chi connectivity index (χ1n) is 6.26. The van der Waals surface area contributed by atoms with Crippen molar-refractivity contribution in [1.29, 1.82) is 0 Å². The quantitative estimate of drug-likeness (QED) is 0.843. The largest absolute Gasteiger partial charge is 0.326 e. The van der Waals surface area contributed by atoms with E-state index in [1.54, 1.807) is 0 Å². The van der Waals surface area contributed by atoms with Crippen molar-refractivity contribution >= 4 is 11.6 Å². The zero-order chi connectivity index (χ0) is 12.8. The van der Waals surface area contributed by atoms with Crippen LogP contribution in [0.2, 0.25) is 5.02 Å². The van der Waals surface area contributed by atoms with E-state index in [0.717, 1.165) is 17.1 Å². The van der Waals surface area contributed by atoms with E-state index in [2.05, 4.69) is 37.9 Å². The van der Waals surface area contributed by atoms with Gasteiger partial charge in [0.05, 0.1) is 0 Å². The molecule has 0 aliphatic carbocycles. The van der Waals surface area contributed by atoms with Crippen molar-refractivity contribution in [3.8, 4) is 0 Å². The van der Waals surface area contributed by atoms with Crippen LogP contribution in [0.15, 0.2) is 18.2 Å². The summed E-state index contributed by atoms with van der Waals surface area (Å²) in [5.74, 6) is 0. The standard InChI is InChI=1S/C14H23ClN2/c1-4-5-11(2)17(3)10-13-7-6-12(9-16)8-14(13)15/h6-8,11H,4-5,9-10,16H2,1-3H3. The zero-order valence-corrected chi connectivity index (χ0v) is 11.8. The van der Waals surface area contributed by atoms with Gasteiger partial charge in [-0.1, -0.05) is 37.1 Å². The summed E-state index contributed by atoms with van der Waals surface area (Å²) in [6, 6.07) is 6.69. The number of halogens is 1. The molecule has 1 atom stereocenters. The molecule has 0 amide bonds. The second kappa shape index (κ2) is 7.00. The van der Waals surface area contributed by atoms with Crippen LogP contribution in [0.1, 0.15) is 37.8 Å². The number of benzene rings is 1. The number of rotatable bonds is 6. The maximum atomic E-state index is 6.25. The van der Waals surface area contributed by atoms with Crippen LogP contribution in [0.3, 0.4) is 0 Å². The first-order valence-corrected chi connectivity index (χ1v) is 6.63. The lowest BCUT2D eigenvalue weighted by Gasteiger charge is -2.24. The average molecular weight is 255 g/mol. The highest BCUT2D eigenvalue weighted by molar-refractivity contribution is 6.31. The van der Waals surface area contributed by atoms with E-state index >= 15 is 0 Å². The molecule has 0 aromatic heterocycles. The van der Waals surface area contributed by atoms with Crippen molar-refractivity contribution in [1.82, 2.24) is 4.90 Å². The van der Waals surface area contributed by atoms with Crippen LogP contribution >= 0.6 is 11.6 Å². The van der Waals surface area contributed by atoms with Gasteiger partial charge < -0.3 is 5.73 Å². The van der Waals surface area contributed by atoms with Crippen molar-refractivity contribution < 1.29 is 0 Å². The second-order valence-electron chi connectivity index (χ2n) is 4.68. The Labute approximate surface area is 110 Å². The molecule has 1 aromatic carbocycles. The number of nitrogens with two attached hydrogens (primary N) is 1. The van der Waals surface area contributed by atoms with E-state index in [4.69, 9.17) is 17.3 Å². The molecule has 0 spiro atoms. The van der Waals surface area contributed by atoms with Gasteiger partial charge in [-0.05, 0) is 37.6 Å². The van der Waals surface area contributed by atoms with Crippen molar-refractivity contribution in [3.63, 3.8) is 0 Å². The molecule has 0 aliphatic heterocycles. The van der Waals surface area contributed by atoms with Crippen LogP contribution in [0.25, 0.3) is 0 Å². The van der Waals surface area contributed by atoms with Gasteiger partial charge >= 0.3 is 0 Å². The van der Waals surface area contributed by atoms with Gasteiger partial charge in [0.2, 0.25) is 0 Å². The summed E-state index contributed by atoms with van der Waals surface area (Å²) in [5, 5.41) is 0.823. The van der Waals surface area contributed by atoms with Gasteiger partial charge in [-0.2, -0.15) is 0 Å². The maximum Gasteiger partial charge on any atom is 0.0454 e. The molecule has 2 N–H and O–H groups in total. The molecule has 1 rings (SSSR count). The van der Waals surface area contributed by atoms with E-state index in [0.29, 0.717) is 12.6 Å². The molecule has 0 bridgehead atoms. The molecule has 0 heterocycles. The van der Waals surface area contributed by atoms with Gasteiger partial charge in [0.25, 0.3) is 0 Å². The smallest absolute Gasteiger partial charge is 0.0454 e. The molecule has 0 radical (unpaired) electrons. The molecule has 1 unspecified atom stereocenters. The molecule has 17 heavy (non-hydrogen) atoms. The first-order chi connectivity index (χ1) is 8.08. The molecule has 0 saturated heterocycles. The van der Waals surface area contributed by atoms with E-state index in [1.165, 1.54) is 18.4 Å². The summed E-state index contributed by atoms with van der Waals surface area (Å²) in [6.07, 6.45) is 2.43. The van der Waals surface area contributed by atoms with Crippen molar-refractivity contribution in [2.24, 2.45) is 5.73 Å². The Morgan fingerprint density at radius 1 is 1.41 bits per heavy atom. The lowest BCUT2D eigenvalue weighted by Crippen LogP contribution is -2.28. The van der Waals surface area contributed by atoms with E-state index < -0.39 is 0 Å². The monoisotopic (exact) mass is 254 g/mol. The van der Waals surface area contributed by atoms with Crippen LogP contribution in [-0.2, 0) is 13.1 Å². The summed E-state index contributed by atoms with van der Waals surface area (Å²) in [4.78, 5) is 2.34. The fraction of sp³-hybridized carbons (Fsp3) is 0.571. The second-order valence-corrected chi connectivity index (χ2v) is 5.09. The van der Waals surface area contributed by atoms with Gasteiger partial charge in [0.1, 0.15) is 0 Å². The fourth-order valence-electron chi connectivity index (χ4n) is 1.91. The third-order valence-corrected chi connectivity index (χ3v) is 3.58. The molecule has 0 aliphatic rings. The minimum Gasteiger partial charge on any atom is -0.326 e. The van der Waals surface area contributed by atoms with Crippen LogP contribution in [-0.4, -0.2) is 18.0 Å². The highest BCUT2D eigenvalue weighted by Crippen LogP contribution is 2.20. The summed E-state index contributed by atoms with van der Waals surface area (Å²) in [5.41, 5.74) is 7.85. The van der Waals surface area contributed by atoms with Gasteiger partial charge in [-0.25, -0.2) is 0 Å². The summed E-state index contributed by atoms with van der Waals surface area (Å²) >= 11 is 6.25. The molecular weight excluding hydrogens is 232 g/mol. The third-order valence-electron chi connectivity index (χ3n) is 3.23. The Morgan fingerprint density at radius 2 is 2.12 bits per heavy atom. The lowest BCUT2D eigenvalue weighted by molar-refractivity contribution is 0.237. The predicted octanol–water partition coefficient (Wildman–Crippen LogP) is 3.42. The minimum absolute atomic E-state index is 0.544. The highest BCUT2D eigenvalue weighted by atomic mass is 35.5. The predicted molar refractivity (Wildman–Crippen MR) is 75.2 cm³/mol. The molecular formula is C14H23ClN2. The summed E-state index contributed by atoms with van der Waals surface area (Å²) < 4.78 is 0. The van der Waals surface area contributed by atoms with Crippen molar-refractivity contribution in [2.75, 3.05) is 7.05 Å². The van der Waals surface area contributed by atoms with E-state index in [1.807, 2.05) is 6.07 Å². The highest BCUT2D eigenvalue weighted by Gasteiger charge is 2.10. The molecule has 0 saturated carbocycles. The molecule has 0 fully saturated rings. The lowest BCUT2D eigenvalue weighted by atomic mass is 10.1. The number of hydrogen-bond donors (Lipinski definition) is 1.